The smallest absolute Gasteiger partial charge is 0.231 e. The highest BCUT2D eigenvalue weighted by Crippen LogP contribution is 2.35. The highest BCUT2D eigenvalue weighted by Gasteiger charge is 2.16. The summed E-state index contributed by atoms with van der Waals surface area (Å²) >= 11 is 0. The zero-order chi connectivity index (χ0) is 16.7. The molecule has 0 spiro atoms. The topological polar surface area (TPSA) is 57.9 Å². The van der Waals surface area contributed by atoms with E-state index in [2.05, 4.69) is 0 Å². The summed E-state index contributed by atoms with van der Waals surface area (Å²) in [6.45, 7) is 4.09. The normalized spacial score (nSPS) is 12.8. The van der Waals surface area contributed by atoms with Crippen LogP contribution in [-0.2, 0) is 0 Å². The zero-order valence-electron chi connectivity index (χ0n) is 13.4. The maximum absolute atomic E-state index is 12.8. The monoisotopic (exact) mass is 324 g/mol. The first-order valence-corrected chi connectivity index (χ1v) is 7.74. The highest BCUT2D eigenvalue weighted by molar-refractivity contribution is 5.83. The van der Waals surface area contributed by atoms with Gasteiger partial charge < -0.3 is 18.6 Å². The molecule has 2 heterocycles. The molecule has 4 rings (SSSR count). The van der Waals surface area contributed by atoms with Gasteiger partial charge in [-0.05, 0) is 43.7 Å². The van der Waals surface area contributed by atoms with Crippen LogP contribution in [0.3, 0.4) is 0 Å². The van der Waals surface area contributed by atoms with Crippen molar-refractivity contribution in [1.82, 2.24) is 0 Å². The number of ether oxygens (including phenoxy) is 3. The number of fused-ring (bicyclic) bond motifs is 2. The summed E-state index contributed by atoms with van der Waals surface area (Å²) in [4.78, 5) is 12.8. The van der Waals surface area contributed by atoms with E-state index in [0.29, 0.717) is 33.8 Å². The molecule has 0 unspecified atom stereocenters. The van der Waals surface area contributed by atoms with Gasteiger partial charge in [0.1, 0.15) is 17.6 Å². The Morgan fingerprint density at radius 2 is 1.88 bits per heavy atom. The van der Waals surface area contributed by atoms with Gasteiger partial charge in [-0.25, -0.2) is 0 Å². The molecule has 1 aliphatic rings. The third-order valence-corrected chi connectivity index (χ3v) is 3.80. The molecule has 0 N–H and O–H groups in total. The van der Waals surface area contributed by atoms with E-state index in [1.54, 1.807) is 30.3 Å². The molecule has 0 saturated heterocycles. The number of hydrogen-bond acceptors (Lipinski definition) is 5. The molecule has 0 fully saturated rings. The van der Waals surface area contributed by atoms with E-state index in [-0.39, 0.29) is 18.3 Å². The van der Waals surface area contributed by atoms with Gasteiger partial charge in [0.05, 0.1) is 17.1 Å². The average Bonchev–Trinajstić information content (AvgIpc) is 3.02. The van der Waals surface area contributed by atoms with Crippen molar-refractivity contribution < 1.29 is 18.6 Å². The Balaban J connectivity index is 1.80. The minimum absolute atomic E-state index is 0.0575. The molecule has 0 saturated carbocycles. The minimum Gasteiger partial charge on any atom is -0.491 e. The van der Waals surface area contributed by atoms with Crippen molar-refractivity contribution in [3.05, 3.63) is 52.9 Å². The van der Waals surface area contributed by atoms with Gasteiger partial charge in [0.2, 0.25) is 6.79 Å². The van der Waals surface area contributed by atoms with Gasteiger partial charge in [-0.15, -0.1) is 0 Å². The van der Waals surface area contributed by atoms with Gasteiger partial charge in [-0.3, -0.25) is 4.79 Å². The fourth-order valence-corrected chi connectivity index (χ4v) is 2.72. The molecule has 0 aliphatic carbocycles. The number of hydrogen-bond donors (Lipinski definition) is 0. The van der Waals surface area contributed by atoms with Gasteiger partial charge in [0.25, 0.3) is 0 Å². The van der Waals surface area contributed by atoms with E-state index in [1.165, 1.54) is 6.26 Å². The first-order chi connectivity index (χ1) is 11.6. The molecule has 3 aromatic rings. The summed E-state index contributed by atoms with van der Waals surface area (Å²) < 4.78 is 22.0. The minimum atomic E-state index is -0.0915. The zero-order valence-corrected chi connectivity index (χ0v) is 13.4. The summed E-state index contributed by atoms with van der Waals surface area (Å²) in [6, 6.07) is 10.7. The van der Waals surface area contributed by atoms with Crippen LogP contribution in [0.2, 0.25) is 0 Å². The van der Waals surface area contributed by atoms with Crippen LogP contribution in [0.25, 0.3) is 22.1 Å². The Kier molecular flexibility index (Phi) is 3.41. The average molecular weight is 324 g/mol. The van der Waals surface area contributed by atoms with Gasteiger partial charge in [0.15, 0.2) is 16.9 Å². The summed E-state index contributed by atoms with van der Waals surface area (Å²) in [7, 11) is 0. The second-order valence-electron chi connectivity index (χ2n) is 5.87. The summed E-state index contributed by atoms with van der Waals surface area (Å²) in [5.74, 6) is 1.99. The lowest BCUT2D eigenvalue weighted by atomic mass is 10.0. The van der Waals surface area contributed by atoms with Crippen LogP contribution < -0.4 is 19.6 Å². The second-order valence-corrected chi connectivity index (χ2v) is 5.87. The molecule has 0 bridgehead atoms. The fourth-order valence-electron chi connectivity index (χ4n) is 2.72. The Morgan fingerprint density at radius 3 is 2.71 bits per heavy atom. The van der Waals surface area contributed by atoms with Gasteiger partial charge in [-0.1, -0.05) is 6.07 Å². The molecule has 2 aromatic carbocycles. The van der Waals surface area contributed by atoms with Crippen LogP contribution in [-0.4, -0.2) is 12.9 Å². The predicted molar refractivity (Wildman–Crippen MR) is 89.8 cm³/mol. The van der Waals surface area contributed by atoms with E-state index in [9.17, 15) is 4.79 Å². The van der Waals surface area contributed by atoms with Crippen LogP contribution in [0.15, 0.2) is 51.9 Å². The Bertz CT molecular complexity index is 971. The molecule has 24 heavy (non-hydrogen) atoms. The largest absolute Gasteiger partial charge is 0.491 e. The lowest BCUT2D eigenvalue weighted by Gasteiger charge is -2.10. The second kappa shape index (κ2) is 5.60. The lowest BCUT2D eigenvalue weighted by molar-refractivity contribution is 0.174. The predicted octanol–water partition coefficient (Wildman–Crippen LogP) is 3.98. The van der Waals surface area contributed by atoms with Crippen molar-refractivity contribution in [2.75, 3.05) is 6.79 Å². The maximum Gasteiger partial charge on any atom is 0.231 e. The third kappa shape index (κ3) is 2.48. The first-order valence-electron chi connectivity index (χ1n) is 7.74. The van der Waals surface area contributed by atoms with Crippen LogP contribution >= 0.6 is 0 Å². The van der Waals surface area contributed by atoms with Crippen molar-refractivity contribution in [1.29, 1.82) is 0 Å². The Hall–Kier alpha value is -2.95. The van der Waals surface area contributed by atoms with Crippen LogP contribution in [0.5, 0.6) is 17.2 Å². The van der Waals surface area contributed by atoms with E-state index in [1.807, 2.05) is 19.9 Å². The molecule has 122 valence electrons. The Labute approximate surface area is 138 Å². The van der Waals surface area contributed by atoms with Crippen molar-refractivity contribution in [2.24, 2.45) is 0 Å². The molecule has 5 heteroatoms. The van der Waals surface area contributed by atoms with Gasteiger partial charge >= 0.3 is 0 Å². The molecular weight excluding hydrogens is 308 g/mol. The maximum atomic E-state index is 12.8. The van der Waals surface area contributed by atoms with Crippen molar-refractivity contribution in [3.8, 4) is 28.4 Å². The number of rotatable bonds is 3. The fraction of sp³-hybridized carbons (Fsp3) is 0.211. The SMILES string of the molecule is CC(C)Oc1ccc2c(=O)c(-c3ccc4c(c3)OCO4)coc2c1. The summed E-state index contributed by atoms with van der Waals surface area (Å²) in [5.41, 5.74) is 1.63. The lowest BCUT2D eigenvalue weighted by Crippen LogP contribution is -2.07. The molecule has 1 aliphatic heterocycles. The number of benzene rings is 2. The van der Waals surface area contributed by atoms with Crippen molar-refractivity contribution in [2.45, 2.75) is 20.0 Å². The first kappa shape index (κ1) is 14.6. The van der Waals surface area contributed by atoms with E-state index >= 15 is 0 Å². The van der Waals surface area contributed by atoms with Crippen LogP contribution in [0, 0.1) is 0 Å². The molecular formula is C19H16O5. The van der Waals surface area contributed by atoms with Gasteiger partial charge in [-0.2, -0.15) is 0 Å². The van der Waals surface area contributed by atoms with E-state index in [4.69, 9.17) is 18.6 Å². The van der Waals surface area contributed by atoms with E-state index < -0.39 is 0 Å². The highest BCUT2D eigenvalue weighted by atomic mass is 16.7. The van der Waals surface area contributed by atoms with E-state index in [0.717, 1.165) is 5.56 Å². The molecule has 0 radical (unpaired) electrons. The van der Waals surface area contributed by atoms with Gasteiger partial charge in [0, 0.05) is 6.07 Å². The summed E-state index contributed by atoms with van der Waals surface area (Å²) in [5, 5.41) is 0.515. The Morgan fingerprint density at radius 1 is 1.04 bits per heavy atom. The standard InChI is InChI=1S/C19H16O5/c1-11(2)24-13-4-5-14-17(8-13)21-9-15(19(14)20)12-3-6-16-18(7-12)23-10-22-16/h3-9,11H,10H2,1-2H3. The van der Waals surface area contributed by atoms with Crippen molar-refractivity contribution >= 4 is 11.0 Å². The molecule has 0 atom stereocenters. The quantitative estimate of drug-likeness (QED) is 0.729. The van der Waals surface area contributed by atoms with Crippen LogP contribution in [0.4, 0.5) is 0 Å². The molecule has 5 nitrogen and oxygen atoms in total. The van der Waals surface area contributed by atoms with Crippen molar-refractivity contribution in [3.63, 3.8) is 0 Å². The third-order valence-electron chi connectivity index (χ3n) is 3.80. The molecule has 1 aromatic heterocycles. The van der Waals surface area contributed by atoms with Crippen LogP contribution in [0.1, 0.15) is 13.8 Å². The molecule has 0 amide bonds. The summed E-state index contributed by atoms with van der Waals surface area (Å²) in [6.07, 6.45) is 1.53.